The molecule has 0 atom stereocenters. The number of aromatic carboxylic acids is 1. The molecule has 0 spiro atoms. The Balaban J connectivity index is 1.96. The summed E-state index contributed by atoms with van der Waals surface area (Å²) >= 11 is 0. The minimum atomic E-state index is -0.957. The molecule has 20 heavy (non-hydrogen) atoms. The number of aromatic nitrogens is 1. The number of rotatable bonds is 5. The first-order valence-corrected chi connectivity index (χ1v) is 6.58. The van der Waals surface area contributed by atoms with Gasteiger partial charge in [-0.15, -0.1) is 0 Å². The van der Waals surface area contributed by atoms with Gasteiger partial charge in [0.25, 0.3) is 0 Å². The molecule has 0 unspecified atom stereocenters. The largest absolute Gasteiger partial charge is 0.478 e. The monoisotopic (exact) mass is 270 g/mol. The fraction of sp³-hybridized carbons (Fsp3) is 0.250. The fourth-order valence-corrected chi connectivity index (χ4v) is 1.83. The fourth-order valence-electron chi connectivity index (χ4n) is 1.83. The lowest BCUT2D eigenvalue weighted by Gasteiger charge is -2.09. The van der Waals surface area contributed by atoms with Crippen molar-refractivity contribution in [3.05, 3.63) is 59.4 Å². The Morgan fingerprint density at radius 2 is 1.90 bits per heavy atom. The van der Waals surface area contributed by atoms with Crippen molar-refractivity contribution in [2.75, 3.05) is 5.32 Å². The Bertz CT molecular complexity index is 574. The van der Waals surface area contributed by atoms with Crippen LogP contribution in [0.3, 0.4) is 0 Å². The number of hydrogen-bond donors (Lipinski definition) is 2. The van der Waals surface area contributed by atoms with E-state index in [0.717, 1.165) is 11.4 Å². The van der Waals surface area contributed by atoms with E-state index in [4.69, 9.17) is 5.11 Å². The molecular formula is C16H18N2O2. The molecule has 1 heterocycles. The van der Waals surface area contributed by atoms with Gasteiger partial charge >= 0.3 is 5.97 Å². The Morgan fingerprint density at radius 1 is 1.20 bits per heavy atom. The van der Waals surface area contributed by atoms with Crippen LogP contribution in [0.25, 0.3) is 0 Å². The van der Waals surface area contributed by atoms with Crippen molar-refractivity contribution < 1.29 is 9.90 Å². The number of carbonyl (C=O) groups is 1. The van der Waals surface area contributed by atoms with Crippen molar-refractivity contribution in [3.8, 4) is 0 Å². The van der Waals surface area contributed by atoms with Crippen molar-refractivity contribution >= 4 is 11.7 Å². The Morgan fingerprint density at radius 3 is 2.40 bits per heavy atom. The number of anilines is 1. The van der Waals surface area contributed by atoms with Crippen LogP contribution < -0.4 is 5.32 Å². The van der Waals surface area contributed by atoms with Crippen molar-refractivity contribution in [1.29, 1.82) is 0 Å². The molecule has 1 aromatic carbocycles. The van der Waals surface area contributed by atoms with Crippen LogP contribution in [0.15, 0.2) is 42.6 Å². The van der Waals surface area contributed by atoms with E-state index < -0.39 is 5.97 Å². The molecule has 4 nitrogen and oxygen atoms in total. The van der Waals surface area contributed by atoms with Gasteiger partial charge in [-0.05, 0) is 35.7 Å². The molecule has 0 aliphatic rings. The third kappa shape index (κ3) is 3.57. The SMILES string of the molecule is CC(C)c1ccc(NCc2ccc(C(=O)O)cn2)cc1. The number of hydrogen-bond acceptors (Lipinski definition) is 3. The number of carboxylic acids is 1. The highest BCUT2D eigenvalue weighted by Gasteiger charge is 2.03. The summed E-state index contributed by atoms with van der Waals surface area (Å²) in [6.45, 7) is 4.90. The Kier molecular flexibility index (Phi) is 4.35. The highest BCUT2D eigenvalue weighted by Crippen LogP contribution is 2.17. The maximum absolute atomic E-state index is 10.7. The van der Waals surface area contributed by atoms with Gasteiger partial charge in [-0.2, -0.15) is 0 Å². The topological polar surface area (TPSA) is 62.2 Å². The number of nitrogens with one attached hydrogen (secondary N) is 1. The van der Waals surface area contributed by atoms with Gasteiger partial charge in [-0.25, -0.2) is 4.79 Å². The van der Waals surface area contributed by atoms with Gasteiger partial charge in [0.05, 0.1) is 17.8 Å². The number of carboxylic acid groups (broad SMARTS) is 1. The molecule has 2 aromatic rings. The Hall–Kier alpha value is -2.36. The minimum absolute atomic E-state index is 0.204. The third-order valence-electron chi connectivity index (χ3n) is 3.12. The van der Waals surface area contributed by atoms with Gasteiger partial charge in [-0.3, -0.25) is 4.98 Å². The smallest absolute Gasteiger partial charge is 0.337 e. The molecule has 2 N–H and O–H groups in total. The van der Waals surface area contributed by atoms with E-state index in [9.17, 15) is 4.79 Å². The van der Waals surface area contributed by atoms with Crippen molar-refractivity contribution in [3.63, 3.8) is 0 Å². The predicted octanol–water partition coefficient (Wildman–Crippen LogP) is 3.52. The van der Waals surface area contributed by atoms with Crippen molar-refractivity contribution in [2.24, 2.45) is 0 Å². The molecule has 0 saturated carbocycles. The van der Waals surface area contributed by atoms with E-state index in [1.54, 1.807) is 12.1 Å². The molecule has 0 radical (unpaired) electrons. The molecule has 1 aromatic heterocycles. The normalized spacial score (nSPS) is 10.6. The van der Waals surface area contributed by atoms with E-state index in [2.05, 4.69) is 36.3 Å². The Labute approximate surface area is 118 Å². The summed E-state index contributed by atoms with van der Waals surface area (Å²) in [5.41, 5.74) is 3.34. The quantitative estimate of drug-likeness (QED) is 0.872. The summed E-state index contributed by atoms with van der Waals surface area (Å²) in [4.78, 5) is 14.8. The summed E-state index contributed by atoms with van der Waals surface area (Å²) < 4.78 is 0. The molecule has 0 saturated heterocycles. The molecular weight excluding hydrogens is 252 g/mol. The molecule has 4 heteroatoms. The molecule has 104 valence electrons. The maximum Gasteiger partial charge on any atom is 0.337 e. The van der Waals surface area contributed by atoms with E-state index >= 15 is 0 Å². The van der Waals surface area contributed by atoms with Crippen molar-refractivity contribution in [1.82, 2.24) is 4.98 Å². The van der Waals surface area contributed by atoms with Gasteiger partial charge in [0.15, 0.2) is 0 Å². The van der Waals surface area contributed by atoms with Crippen LogP contribution in [0.2, 0.25) is 0 Å². The maximum atomic E-state index is 10.7. The predicted molar refractivity (Wildman–Crippen MR) is 79.1 cm³/mol. The molecule has 0 amide bonds. The molecule has 0 aliphatic heterocycles. The number of pyridine rings is 1. The lowest BCUT2D eigenvalue weighted by Crippen LogP contribution is -2.03. The van der Waals surface area contributed by atoms with Gasteiger partial charge < -0.3 is 10.4 Å². The van der Waals surface area contributed by atoms with Gasteiger partial charge in [-0.1, -0.05) is 26.0 Å². The summed E-state index contributed by atoms with van der Waals surface area (Å²) in [7, 11) is 0. The second-order valence-electron chi connectivity index (χ2n) is 4.97. The lowest BCUT2D eigenvalue weighted by atomic mass is 10.0. The standard InChI is InChI=1S/C16H18N2O2/c1-11(2)12-3-6-14(7-4-12)18-10-15-8-5-13(9-17-15)16(19)20/h3-9,11,18H,10H2,1-2H3,(H,19,20). The molecule has 0 aliphatic carbocycles. The van der Waals surface area contributed by atoms with Crippen LogP contribution in [-0.2, 0) is 6.54 Å². The third-order valence-corrected chi connectivity index (χ3v) is 3.12. The van der Waals surface area contributed by atoms with Crippen LogP contribution in [0, 0.1) is 0 Å². The van der Waals surface area contributed by atoms with Gasteiger partial charge in [0.1, 0.15) is 0 Å². The second kappa shape index (κ2) is 6.19. The van der Waals surface area contributed by atoms with Gasteiger partial charge in [0, 0.05) is 11.9 Å². The van der Waals surface area contributed by atoms with E-state index in [-0.39, 0.29) is 5.56 Å². The second-order valence-corrected chi connectivity index (χ2v) is 4.97. The van der Waals surface area contributed by atoms with Crippen LogP contribution in [0.4, 0.5) is 5.69 Å². The summed E-state index contributed by atoms with van der Waals surface area (Å²) in [5.74, 6) is -0.435. The zero-order valence-electron chi connectivity index (χ0n) is 11.6. The summed E-state index contributed by atoms with van der Waals surface area (Å²) in [5, 5.41) is 12.1. The van der Waals surface area contributed by atoms with Crippen LogP contribution >= 0.6 is 0 Å². The minimum Gasteiger partial charge on any atom is -0.478 e. The van der Waals surface area contributed by atoms with Crippen LogP contribution in [0.5, 0.6) is 0 Å². The highest BCUT2D eigenvalue weighted by atomic mass is 16.4. The summed E-state index contributed by atoms with van der Waals surface area (Å²) in [6.07, 6.45) is 1.38. The molecule has 0 fully saturated rings. The first kappa shape index (κ1) is 14.1. The highest BCUT2D eigenvalue weighted by molar-refractivity contribution is 5.87. The van der Waals surface area contributed by atoms with Crippen molar-refractivity contribution in [2.45, 2.75) is 26.3 Å². The van der Waals surface area contributed by atoms with E-state index in [0.29, 0.717) is 12.5 Å². The first-order valence-electron chi connectivity index (χ1n) is 6.58. The van der Waals surface area contributed by atoms with Crippen LogP contribution in [0.1, 0.15) is 41.4 Å². The summed E-state index contributed by atoms with van der Waals surface area (Å²) in [6, 6.07) is 11.6. The zero-order chi connectivity index (χ0) is 14.5. The van der Waals surface area contributed by atoms with E-state index in [1.807, 2.05) is 12.1 Å². The van der Waals surface area contributed by atoms with Crippen LogP contribution in [-0.4, -0.2) is 16.1 Å². The first-order chi connectivity index (χ1) is 9.56. The number of benzene rings is 1. The zero-order valence-corrected chi connectivity index (χ0v) is 11.6. The molecule has 2 rings (SSSR count). The van der Waals surface area contributed by atoms with Gasteiger partial charge in [0.2, 0.25) is 0 Å². The average molecular weight is 270 g/mol. The van der Waals surface area contributed by atoms with E-state index in [1.165, 1.54) is 11.8 Å². The number of nitrogens with zero attached hydrogens (tertiary/aromatic N) is 1. The molecule has 0 bridgehead atoms. The lowest BCUT2D eigenvalue weighted by molar-refractivity contribution is 0.0696. The average Bonchev–Trinajstić information content (AvgIpc) is 2.46.